The van der Waals surface area contributed by atoms with E-state index in [0.717, 1.165) is 5.56 Å². The Morgan fingerprint density at radius 2 is 2.10 bits per heavy atom. The molecule has 0 saturated heterocycles. The van der Waals surface area contributed by atoms with Gasteiger partial charge in [-0.1, -0.05) is 29.8 Å². The summed E-state index contributed by atoms with van der Waals surface area (Å²) in [5, 5.41) is 12.2. The van der Waals surface area contributed by atoms with Crippen LogP contribution < -0.4 is 10.1 Å². The first-order chi connectivity index (χ1) is 10.1. The molecule has 0 aliphatic rings. The number of hydrogen-bond acceptors (Lipinski definition) is 3. The minimum absolute atomic E-state index is 0.176. The van der Waals surface area contributed by atoms with Crippen molar-refractivity contribution in [2.75, 3.05) is 11.9 Å². The topological polar surface area (TPSA) is 62.1 Å². The number of hydrogen-bond donors (Lipinski definition) is 1. The number of rotatable bonds is 4. The van der Waals surface area contributed by atoms with E-state index in [-0.39, 0.29) is 12.5 Å². The van der Waals surface area contributed by atoms with Crippen LogP contribution in [0, 0.1) is 18.3 Å². The summed E-state index contributed by atoms with van der Waals surface area (Å²) in [5.74, 6) is 0.0692. The van der Waals surface area contributed by atoms with Crippen LogP contribution in [-0.4, -0.2) is 12.5 Å². The van der Waals surface area contributed by atoms with E-state index in [0.29, 0.717) is 22.0 Å². The van der Waals surface area contributed by atoms with Crippen LogP contribution in [0.5, 0.6) is 5.75 Å². The molecule has 0 radical (unpaired) electrons. The van der Waals surface area contributed by atoms with Gasteiger partial charge in [0.2, 0.25) is 0 Å². The summed E-state index contributed by atoms with van der Waals surface area (Å²) in [6.07, 6.45) is 0. The number of halogens is 1. The van der Waals surface area contributed by atoms with Gasteiger partial charge < -0.3 is 10.1 Å². The highest BCUT2D eigenvalue weighted by Gasteiger charge is 2.07. The lowest BCUT2D eigenvalue weighted by Crippen LogP contribution is -2.20. The molecule has 0 unspecified atom stereocenters. The maximum Gasteiger partial charge on any atom is 0.262 e. The van der Waals surface area contributed by atoms with E-state index in [1.165, 1.54) is 0 Å². The number of ether oxygens (including phenoxy) is 1. The van der Waals surface area contributed by atoms with Crippen LogP contribution in [0.15, 0.2) is 42.5 Å². The number of para-hydroxylation sites is 1. The number of nitrogens with one attached hydrogen (secondary N) is 1. The molecule has 0 aromatic heterocycles. The molecule has 1 amide bonds. The van der Waals surface area contributed by atoms with Crippen molar-refractivity contribution in [2.24, 2.45) is 0 Å². The van der Waals surface area contributed by atoms with E-state index in [2.05, 4.69) is 5.32 Å². The van der Waals surface area contributed by atoms with Gasteiger partial charge in [0.15, 0.2) is 6.61 Å². The number of aryl methyl sites for hydroxylation is 1. The molecule has 0 atom stereocenters. The summed E-state index contributed by atoms with van der Waals surface area (Å²) in [5.41, 5.74) is 1.94. The molecule has 0 spiro atoms. The zero-order valence-electron chi connectivity index (χ0n) is 11.4. The van der Waals surface area contributed by atoms with Crippen LogP contribution in [0.2, 0.25) is 5.02 Å². The van der Waals surface area contributed by atoms with Gasteiger partial charge >= 0.3 is 0 Å². The first-order valence-corrected chi connectivity index (χ1v) is 6.66. The lowest BCUT2D eigenvalue weighted by atomic mass is 10.2. The second kappa shape index (κ2) is 6.78. The van der Waals surface area contributed by atoms with Gasteiger partial charge in [-0.2, -0.15) is 5.26 Å². The van der Waals surface area contributed by atoms with Crippen LogP contribution in [0.25, 0.3) is 0 Å². The van der Waals surface area contributed by atoms with Gasteiger partial charge in [0, 0.05) is 10.7 Å². The molecule has 0 aliphatic carbocycles. The second-order valence-electron chi connectivity index (χ2n) is 4.41. The monoisotopic (exact) mass is 300 g/mol. The minimum Gasteiger partial charge on any atom is -0.482 e. The maximum atomic E-state index is 11.8. The van der Waals surface area contributed by atoms with E-state index in [1.54, 1.807) is 36.4 Å². The lowest BCUT2D eigenvalue weighted by Gasteiger charge is -2.09. The highest BCUT2D eigenvalue weighted by Crippen LogP contribution is 2.20. The van der Waals surface area contributed by atoms with Crippen molar-refractivity contribution in [3.05, 3.63) is 58.6 Å². The van der Waals surface area contributed by atoms with Crippen molar-refractivity contribution in [2.45, 2.75) is 6.92 Å². The summed E-state index contributed by atoms with van der Waals surface area (Å²) in [4.78, 5) is 11.8. The van der Waals surface area contributed by atoms with E-state index in [4.69, 9.17) is 21.6 Å². The predicted molar refractivity (Wildman–Crippen MR) is 81.5 cm³/mol. The second-order valence-corrected chi connectivity index (χ2v) is 4.82. The summed E-state index contributed by atoms with van der Waals surface area (Å²) in [6, 6.07) is 14.0. The zero-order valence-corrected chi connectivity index (χ0v) is 12.1. The molecule has 0 fully saturated rings. The van der Waals surface area contributed by atoms with Gasteiger partial charge in [0.05, 0.1) is 5.56 Å². The Labute approximate surface area is 127 Å². The Bertz CT molecular complexity index is 708. The Hall–Kier alpha value is -2.51. The lowest BCUT2D eigenvalue weighted by molar-refractivity contribution is -0.118. The summed E-state index contributed by atoms with van der Waals surface area (Å²) in [7, 11) is 0. The van der Waals surface area contributed by atoms with Crippen molar-refractivity contribution >= 4 is 23.2 Å². The van der Waals surface area contributed by atoms with Crippen molar-refractivity contribution in [1.29, 1.82) is 5.26 Å². The van der Waals surface area contributed by atoms with Crippen LogP contribution in [0.3, 0.4) is 0 Å². The number of benzene rings is 2. The summed E-state index contributed by atoms with van der Waals surface area (Å²) < 4.78 is 5.35. The number of carbonyl (C=O) groups excluding carboxylic acids is 1. The standard InChI is InChI=1S/C16H13ClN2O2/c1-11-6-7-13(8-14(11)17)19-16(20)10-21-15-5-3-2-4-12(15)9-18/h2-8H,10H2,1H3,(H,19,20). The highest BCUT2D eigenvalue weighted by atomic mass is 35.5. The Balaban J connectivity index is 1.96. The maximum absolute atomic E-state index is 11.8. The minimum atomic E-state index is -0.317. The molecule has 1 N–H and O–H groups in total. The van der Waals surface area contributed by atoms with E-state index < -0.39 is 0 Å². The van der Waals surface area contributed by atoms with Crippen LogP contribution in [-0.2, 0) is 4.79 Å². The molecule has 5 heteroatoms. The molecule has 21 heavy (non-hydrogen) atoms. The molecular formula is C16H13ClN2O2. The SMILES string of the molecule is Cc1ccc(NC(=O)COc2ccccc2C#N)cc1Cl. The molecule has 0 heterocycles. The van der Waals surface area contributed by atoms with Gasteiger partial charge in [-0.15, -0.1) is 0 Å². The van der Waals surface area contributed by atoms with Crippen LogP contribution in [0.4, 0.5) is 5.69 Å². The van der Waals surface area contributed by atoms with Crippen molar-refractivity contribution in [3.63, 3.8) is 0 Å². The molecule has 0 saturated carbocycles. The normalized spacial score (nSPS) is 9.76. The zero-order chi connectivity index (χ0) is 15.2. The number of amides is 1. The fourth-order valence-corrected chi connectivity index (χ4v) is 1.88. The summed E-state index contributed by atoms with van der Waals surface area (Å²) in [6.45, 7) is 1.71. The average molecular weight is 301 g/mol. The van der Waals surface area contributed by atoms with Gasteiger partial charge in [-0.05, 0) is 36.8 Å². The third-order valence-electron chi connectivity index (χ3n) is 2.82. The fraction of sp³-hybridized carbons (Fsp3) is 0.125. The van der Waals surface area contributed by atoms with Crippen molar-refractivity contribution < 1.29 is 9.53 Å². The first kappa shape index (κ1) is 14.9. The molecule has 0 bridgehead atoms. The third kappa shape index (κ3) is 3.98. The number of anilines is 1. The number of nitriles is 1. The van der Waals surface area contributed by atoms with E-state index in [1.807, 2.05) is 19.1 Å². The van der Waals surface area contributed by atoms with Gasteiger partial charge in [0.1, 0.15) is 11.8 Å². The Morgan fingerprint density at radius 1 is 1.33 bits per heavy atom. The molecule has 0 aliphatic heterocycles. The number of nitrogens with zero attached hydrogens (tertiary/aromatic N) is 1. The summed E-state index contributed by atoms with van der Waals surface area (Å²) >= 11 is 5.99. The Morgan fingerprint density at radius 3 is 2.81 bits per heavy atom. The van der Waals surface area contributed by atoms with Crippen molar-refractivity contribution in [3.8, 4) is 11.8 Å². The average Bonchev–Trinajstić information content (AvgIpc) is 2.49. The molecule has 106 valence electrons. The molecule has 2 aromatic carbocycles. The molecule has 4 nitrogen and oxygen atoms in total. The highest BCUT2D eigenvalue weighted by molar-refractivity contribution is 6.31. The first-order valence-electron chi connectivity index (χ1n) is 6.28. The van der Waals surface area contributed by atoms with Crippen molar-refractivity contribution in [1.82, 2.24) is 0 Å². The van der Waals surface area contributed by atoms with Gasteiger partial charge in [-0.3, -0.25) is 4.79 Å². The smallest absolute Gasteiger partial charge is 0.262 e. The predicted octanol–water partition coefficient (Wildman–Crippen LogP) is 3.54. The van der Waals surface area contributed by atoms with Gasteiger partial charge in [0.25, 0.3) is 5.91 Å². The third-order valence-corrected chi connectivity index (χ3v) is 3.23. The molecular weight excluding hydrogens is 288 g/mol. The Kier molecular flexibility index (Phi) is 4.81. The van der Waals surface area contributed by atoms with Crippen LogP contribution in [0.1, 0.15) is 11.1 Å². The largest absolute Gasteiger partial charge is 0.482 e. The van der Waals surface area contributed by atoms with Gasteiger partial charge in [-0.25, -0.2) is 0 Å². The van der Waals surface area contributed by atoms with E-state index >= 15 is 0 Å². The van der Waals surface area contributed by atoms with Crippen LogP contribution >= 0.6 is 11.6 Å². The quantitative estimate of drug-likeness (QED) is 0.939. The number of carbonyl (C=O) groups is 1. The fourth-order valence-electron chi connectivity index (χ4n) is 1.70. The molecule has 2 aromatic rings. The molecule has 2 rings (SSSR count). The van der Waals surface area contributed by atoms with E-state index in [9.17, 15) is 4.79 Å².